The number of hydrogen-bond acceptors (Lipinski definition) is 4. The Kier molecular flexibility index (Phi) is 5.89. The molecule has 0 amide bonds. The largest absolute Gasteiger partial charge is 0.468 e. The second kappa shape index (κ2) is 7.68. The van der Waals surface area contributed by atoms with Gasteiger partial charge in [-0.25, -0.2) is 0 Å². The fourth-order valence-electron chi connectivity index (χ4n) is 1.94. The van der Waals surface area contributed by atoms with Gasteiger partial charge >= 0.3 is 0 Å². The highest BCUT2D eigenvalue weighted by Gasteiger charge is 2.21. The Hall–Kier alpha value is -0.840. The Morgan fingerprint density at radius 1 is 1.53 bits per heavy atom. The third-order valence-corrected chi connectivity index (χ3v) is 3.71. The molecule has 0 spiro atoms. The zero-order chi connectivity index (χ0) is 13.5. The highest BCUT2D eigenvalue weighted by Crippen LogP contribution is 2.28. The van der Waals surface area contributed by atoms with Gasteiger partial charge in [-0.2, -0.15) is 0 Å². The van der Waals surface area contributed by atoms with Gasteiger partial charge in [0, 0.05) is 25.7 Å². The van der Waals surface area contributed by atoms with Gasteiger partial charge in [0.05, 0.1) is 19.4 Å². The van der Waals surface area contributed by atoms with Crippen molar-refractivity contribution >= 4 is 0 Å². The maximum absolute atomic E-state index is 5.66. The summed E-state index contributed by atoms with van der Waals surface area (Å²) in [6.07, 6.45) is 4.44. The standard InChI is InChI=1S/C15H26N2O2/c1-13(10-16-11-15-4-3-8-19-15)17(2)7-9-18-12-14-5-6-14/h3-4,8,13-14,16H,5-7,9-12H2,1-2H3. The summed E-state index contributed by atoms with van der Waals surface area (Å²) in [6.45, 7) is 6.78. The summed E-state index contributed by atoms with van der Waals surface area (Å²) in [6, 6.07) is 4.41. The summed E-state index contributed by atoms with van der Waals surface area (Å²) in [5, 5.41) is 3.41. The molecule has 0 aliphatic heterocycles. The van der Waals surface area contributed by atoms with Crippen LogP contribution in [0.5, 0.6) is 0 Å². The zero-order valence-electron chi connectivity index (χ0n) is 12.1. The molecular formula is C15H26N2O2. The molecule has 1 aliphatic carbocycles. The number of ether oxygens (including phenoxy) is 1. The molecule has 19 heavy (non-hydrogen) atoms. The van der Waals surface area contributed by atoms with Crippen LogP contribution in [0.25, 0.3) is 0 Å². The molecule has 108 valence electrons. The van der Waals surface area contributed by atoms with Gasteiger partial charge in [0.15, 0.2) is 0 Å². The highest BCUT2D eigenvalue weighted by atomic mass is 16.5. The summed E-state index contributed by atoms with van der Waals surface area (Å²) in [7, 11) is 2.15. The number of rotatable bonds is 10. The average molecular weight is 266 g/mol. The molecule has 0 bridgehead atoms. The smallest absolute Gasteiger partial charge is 0.117 e. The summed E-state index contributed by atoms with van der Waals surface area (Å²) >= 11 is 0. The van der Waals surface area contributed by atoms with Crippen molar-refractivity contribution in [3.05, 3.63) is 24.2 Å². The molecule has 2 rings (SSSR count). The van der Waals surface area contributed by atoms with Crippen LogP contribution in [0, 0.1) is 5.92 Å². The van der Waals surface area contributed by atoms with E-state index in [9.17, 15) is 0 Å². The van der Waals surface area contributed by atoms with Crippen LogP contribution in [0.4, 0.5) is 0 Å². The van der Waals surface area contributed by atoms with E-state index in [1.54, 1.807) is 6.26 Å². The number of nitrogens with zero attached hydrogens (tertiary/aromatic N) is 1. The van der Waals surface area contributed by atoms with Crippen molar-refractivity contribution in [3.8, 4) is 0 Å². The van der Waals surface area contributed by atoms with Crippen LogP contribution in [0.15, 0.2) is 22.8 Å². The van der Waals surface area contributed by atoms with Crippen LogP contribution in [-0.2, 0) is 11.3 Å². The highest BCUT2D eigenvalue weighted by molar-refractivity contribution is 4.97. The van der Waals surface area contributed by atoms with Gasteiger partial charge in [-0.3, -0.25) is 0 Å². The lowest BCUT2D eigenvalue weighted by Gasteiger charge is -2.24. The lowest BCUT2D eigenvalue weighted by atomic mass is 10.3. The molecule has 1 aliphatic rings. The number of nitrogens with one attached hydrogen (secondary N) is 1. The first-order chi connectivity index (χ1) is 9.25. The Labute approximate surface area is 116 Å². The second-order valence-electron chi connectivity index (χ2n) is 5.56. The van der Waals surface area contributed by atoms with Gasteiger partial charge in [-0.15, -0.1) is 0 Å². The average Bonchev–Trinajstić information content (AvgIpc) is 3.09. The topological polar surface area (TPSA) is 37.6 Å². The van der Waals surface area contributed by atoms with Crippen LogP contribution in [0.3, 0.4) is 0 Å². The summed E-state index contributed by atoms with van der Waals surface area (Å²) in [5.41, 5.74) is 0. The molecule has 1 aromatic heterocycles. The molecule has 0 radical (unpaired) electrons. The van der Waals surface area contributed by atoms with Gasteiger partial charge in [-0.05, 0) is 44.9 Å². The lowest BCUT2D eigenvalue weighted by Crippen LogP contribution is -2.39. The monoisotopic (exact) mass is 266 g/mol. The number of likely N-dealkylation sites (N-methyl/N-ethyl adjacent to an activating group) is 1. The summed E-state index contributed by atoms with van der Waals surface area (Å²) in [5.74, 6) is 1.85. The normalized spacial score (nSPS) is 17.0. The molecular weight excluding hydrogens is 240 g/mol. The van der Waals surface area contributed by atoms with Crippen molar-refractivity contribution in [1.82, 2.24) is 10.2 Å². The Morgan fingerprint density at radius 2 is 2.37 bits per heavy atom. The van der Waals surface area contributed by atoms with Gasteiger partial charge in [0.1, 0.15) is 5.76 Å². The molecule has 1 aromatic rings. The van der Waals surface area contributed by atoms with E-state index in [4.69, 9.17) is 9.15 Å². The van der Waals surface area contributed by atoms with Crippen molar-refractivity contribution < 1.29 is 9.15 Å². The first-order valence-corrected chi connectivity index (χ1v) is 7.27. The Morgan fingerprint density at radius 3 is 3.05 bits per heavy atom. The van der Waals surface area contributed by atoms with Crippen molar-refractivity contribution in [2.75, 3.05) is 33.4 Å². The van der Waals surface area contributed by atoms with Gasteiger partial charge < -0.3 is 19.4 Å². The maximum atomic E-state index is 5.66. The predicted octanol–water partition coefficient (Wildman–Crippen LogP) is 2.12. The van der Waals surface area contributed by atoms with Crippen molar-refractivity contribution in [1.29, 1.82) is 0 Å². The third kappa shape index (κ3) is 5.76. The predicted molar refractivity (Wildman–Crippen MR) is 76.0 cm³/mol. The van der Waals surface area contributed by atoms with Gasteiger partial charge in [0.2, 0.25) is 0 Å². The SMILES string of the molecule is CC(CNCc1ccco1)N(C)CCOCC1CC1. The van der Waals surface area contributed by atoms with E-state index in [0.717, 1.165) is 44.5 Å². The minimum absolute atomic E-state index is 0.500. The van der Waals surface area contributed by atoms with Crippen LogP contribution in [0.2, 0.25) is 0 Å². The quantitative estimate of drug-likeness (QED) is 0.658. The molecule has 0 aromatic carbocycles. The van der Waals surface area contributed by atoms with E-state index >= 15 is 0 Å². The van der Waals surface area contributed by atoms with E-state index in [0.29, 0.717) is 6.04 Å². The molecule has 1 heterocycles. The van der Waals surface area contributed by atoms with Crippen molar-refractivity contribution in [2.24, 2.45) is 5.92 Å². The molecule has 1 atom stereocenters. The van der Waals surface area contributed by atoms with Crippen molar-refractivity contribution in [2.45, 2.75) is 32.4 Å². The van der Waals surface area contributed by atoms with Crippen LogP contribution < -0.4 is 5.32 Å². The van der Waals surface area contributed by atoms with E-state index in [1.807, 2.05) is 12.1 Å². The molecule has 4 nitrogen and oxygen atoms in total. The minimum Gasteiger partial charge on any atom is -0.468 e. The fraction of sp³-hybridized carbons (Fsp3) is 0.733. The first-order valence-electron chi connectivity index (χ1n) is 7.27. The summed E-state index contributed by atoms with van der Waals surface area (Å²) in [4.78, 5) is 2.34. The molecule has 4 heteroatoms. The zero-order valence-corrected chi connectivity index (χ0v) is 12.1. The van der Waals surface area contributed by atoms with Crippen LogP contribution in [0.1, 0.15) is 25.5 Å². The Balaban J connectivity index is 1.49. The maximum Gasteiger partial charge on any atom is 0.117 e. The van der Waals surface area contributed by atoms with Crippen LogP contribution >= 0.6 is 0 Å². The van der Waals surface area contributed by atoms with E-state index in [2.05, 4.69) is 24.2 Å². The minimum atomic E-state index is 0.500. The first kappa shape index (κ1) is 14.6. The second-order valence-corrected chi connectivity index (χ2v) is 5.56. The van der Waals surface area contributed by atoms with E-state index in [-0.39, 0.29) is 0 Å². The number of hydrogen-bond donors (Lipinski definition) is 1. The molecule has 1 saturated carbocycles. The van der Waals surface area contributed by atoms with Gasteiger partial charge in [-0.1, -0.05) is 0 Å². The lowest BCUT2D eigenvalue weighted by molar-refractivity contribution is 0.0933. The molecule has 1 unspecified atom stereocenters. The third-order valence-electron chi connectivity index (χ3n) is 3.71. The van der Waals surface area contributed by atoms with Gasteiger partial charge in [0.25, 0.3) is 0 Å². The van der Waals surface area contributed by atoms with E-state index < -0.39 is 0 Å². The fourth-order valence-corrected chi connectivity index (χ4v) is 1.94. The van der Waals surface area contributed by atoms with Crippen molar-refractivity contribution in [3.63, 3.8) is 0 Å². The molecule has 0 saturated heterocycles. The molecule has 1 N–H and O–H groups in total. The summed E-state index contributed by atoms with van der Waals surface area (Å²) < 4.78 is 11.0. The number of furan rings is 1. The molecule has 1 fully saturated rings. The van der Waals surface area contributed by atoms with E-state index in [1.165, 1.54) is 12.8 Å². The Bertz CT molecular complexity index is 336. The van der Waals surface area contributed by atoms with Crippen LogP contribution in [-0.4, -0.2) is 44.3 Å².